The van der Waals surface area contributed by atoms with Gasteiger partial charge in [-0.3, -0.25) is 9.59 Å². The summed E-state index contributed by atoms with van der Waals surface area (Å²) in [6.45, 7) is 5.19. The topological polar surface area (TPSA) is 92.8 Å². The molecule has 0 unspecified atom stereocenters. The summed E-state index contributed by atoms with van der Waals surface area (Å²) in [7, 11) is -1.99. The molecule has 0 aliphatic carbocycles. The lowest BCUT2D eigenvalue weighted by molar-refractivity contribution is -0.123. The zero-order valence-electron chi connectivity index (χ0n) is 17.0. The Labute approximate surface area is 171 Å². The summed E-state index contributed by atoms with van der Waals surface area (Å²) >= 11 is 0. The number of Topliss-reactive ketones (excluding diaryl/α,β-unsaturated/α-hetero) is 1. The molecule has 0 radical (unpaired) electrons. The molecule has 0 spiro atoms. The van der Waals surface area contributed by atoms with Crippen LogP contribution in [-0.4, -0.2) is 44.1 Å². The summed E-state index contributed by atoms with van der Waals surface area (Å²) in [4.78, 5) is 23.4. The van der Waals surface area contributed by atoms with Crippen molar-refractivity contribution >= 4 is 21.7 Å². The second kappa shape index (κ2) is 9.67. The molecule has 2 aromatic carbocycles. The van der Waals surface area contributed by atoms with Crippen LogP contribution >= 0.6 is 0 Å². The largest absolute Gasteiger partial charge is 0.484 e. The molecule has 0 aliphatic heterocycles. The van der Waals surface area contributed by atoms with Crippen LogP contribution in [0.4, 0.5) is 0 Å². The maximum absolute atomic E-state index is 12.5. The average Bonchev–Trinajstić information content (AvgIpc) is 2.70. The minimum absolute atomic E-state index is 0.0380. The van der Waals surface area contributed by atoms with E-state index in [1.165, 1.54) is 23.4 Å². The molecule has 0 aliphatic rings. The Kier molecular flexibility index (Phi) is 7.53. The van der Waals surface area contributed by atoms with Gasteiger partial charge < -0.3 is 10.1 Å². The molecule has 0 saturated heterocycles. The van der Waals surface area contributed by atoms with E-state index in [9.17, 15) is 18.0 Å². The lowest BCUT2D eigenvalue weighted by Crippen LogP contribution is -2.33. The predicted molar refractivity (Wildman–Crippen MR) is 110 cm³/mol. The van der Waals surface area contributed by atoms with Gasteiger partial charge in [0.05, 0.1) is 4.90 Å². The van der Waals surface area contributed by atoms with Crippen LogP contribution in [0.25, 0.3) is 0 Å². The molecule has 1 N–H and O–H groups in total. The van der Waals surface area contributed by atoms with Gasteiger partial charge in [-0.2, -0.15) is 4.31 Å². The van der Waals surface area contributed by atoms with Gasteiger partial charge in [0.2, 0.25) is 10.0 Å². The van der Waals surface area contributed by atoms with Gasteiger partial charge in [0.15, 0.2) is 12.4 Å². The summed E-state index contributed by atoms with van der Waals surface area (Å²) in [6.07, 6.45) is 0. The van der Waals surface area contributed by atoms with Crippen LogP contribution < -0.4 is 10.1 Å². The fourth-order valence-electron chi connectivity index (χ4n) is 2.41. The van der Waals surface area contributed by atoms with Crippen LogP contribution in [0.3, 0.4) is 0 Å². The number of hydrogen-bond donors (Lipinski definition) is 1. The van der Waals surface area contributed by atoms with Crippen LogP contribution in [0.2, 0.25) is 0 Å². The molecule has 156 valence electrons. The number of sulfonamides is 1. The maximum atomic E-state index is 12.5. The van der Waals surface area contributed by atoms with Crippen molar-refractivity contribution in [3.05, 3.63) is 59.7 Å². The Morgan fingerprint density at radius 3 is 2.14 bits per heavy atom. The lowest BCUT2D eigenvalue weighted by Gasteiger charge is -2.21. The quantitative estimate of drug-likeness (QED) is 0.632. The zero-order valence-corrected chi connectivity index (χ0v) is 17.8. The molecule has 2 aromatic rings. The first-order chi connectivity index (χ1) is 13.6. The van der Waals surface area contributed by atoms with Crippen molar-refractivity contribution in [2.45, 2.75) is 38.3 Å². The molecule has 0 fully saturated rings. The van der Waals surface area contributed by atoms with Gasteiger partial charge in [0, 0.05) is 25.2 Å². The van der Waals surface area contributed by atoms with E-state index in [0.29, 0.717) is 11.3 Å². The van der Waals surface area contributed by atoms with Crippen LogP contribution in [0.5, 0.6) is 5.75 Å². The Hall–Kier alpha value is -2.71. The highest BCUT2D eigenvalue weighted by Gasteiger charge is 2.22. The van der Waals surface area contributed by atoms with E-state index in [-0.39, 0.29) is 35.8 Å². The number of ketones is 1. The van der Waals surface area contributed by atoms with Crippen LogP contribution in [-0.2, 0) is 21.4 Å². The van der Waals surface area contributed by atoms with Crippen LogP contribution in [0.1, 0.15) is 36.7 Å². The Morgan fingerprint density at radius 2 is 1.62 bits per heavy atom. The van der Waals surface area contributed by atoms with Crippen molar-refractivity contribution < 1.29 is 22.7 Å². The van der Waals surface area contributed by atoms with Gasteiger partial charge >= 0.3 is 0 Å². The molecular weight excluding hydrogens is 392 g/mol. The Morgan fingerprint density at radius 1 is 1.03 bits per heavy atom. The van der Waals surface area contributed by atoms with E-state index in [1.54, 1.807) is 57.3 Å². The maximum Gasteiger partial charge on any atom is 0.258 e. The molecule has 0 bridgehead atoms. The summed E-state index contributed by atoms with van der Waals surface area (Å²) in [5.74, 6) is 0.148. The number of rotatable bonds is 9. The number of carbonyl (C=O) groups is 2. The van der Waals surface area contributed by atoms with Crippen molar-refractivity contribution in [2.75, 3.05) is 13.7 Å². The van der Waals surface area contributed by atoms with Gasteiger partial charge in [-0.25, -0.2) is 8.42 Å². The van der Waals surface area contributed by atoms with Gasteiger partial charge in [-0.1, -0.05) is 12.1 Å². The monoisotopic (exact) mass is 418 g/mol. The number of hydrogen-bond acceptors (Lipinski definition) is 5. The van der Waals surface area contributed by atoms with Crippen LogP contribution in [0.15, 0.2) is 53.4 Å². The molecule has 2 rings (SSSR count). The first kappa shape index (κ1) is 22.6. The fourth-order valence-corrected chi connectivity index (χ4v) is 3.78. The molecule has 8 heteroatoms. The standard InChI is InChI=1S/C21H26N2O5S/c1-15(2)23(4)29(26,27)20-11-5-17(6-12-20)13-22-21(25)14-28-19-9-7-18(8-10-19)16(3)24/h5-12,15H,13-14H2,1-4H3,(H,22,25). The zero-order chi connectivity index (χ0) is 21.6. The Balaban J connectivity index is 1.86. The van der Waals surface area contributed by atoms with Gasteiger partial charge in [-0.15, -0.1) is 0 Å². The van der Waals surface area contributed by atoms with Crippen LogP contribution in [0, 0.1) is 0 Å². The van der Waals surface area contributed by atoms with E-state index < -0.39 is 10.0 Å². The minimum atomic E-state index is -3.53. The molecule has 1 amide bonds. The highest BCUT2D eigenvalue weighted by atomic mass is 32.2. The summed E-state index contributed by atoms with van der Waals surface area (Å²) in [6, 6.07) is 12.8. The van der Waals surface area contributed by atoms with Crippen molar-refractivity contribution in [1.29, 1.82) is 0 Å². The second-order valence-corrected chi connectivity index (χ2v) is 8.90. The number of nitrogens with one attached hydrogen (secondary N) is 1. The number of amides is 1. The number of carbonyl (C=O) groups excluding carboxylic acids is 2. The van der Waals surface area contributed by atoms with E-state index in [4.69, 9.17) is 4.74 Å². The first-order valence-electron chi connectivity index (χ1n) is 9.18. The van der Waals surface area contributed by atoms with E-state index in [0.717, 1.165) is 5.56 Å². The Bertz CT molecular complexity index is 952. The number of nitrogens with zero attached hydrogens (tertiary/aromatic N) is 1. The van der Waals surface area contributed by atoms with Crippen molar-refractivity contribution in [3.8, 4) is 5.75 Å². The van der Waals surface area contributed by atoms with Crippen molar-refractivity contribution in [3.63, 3.8) is 0 Å². The summed E-state index contributed by atoms with van der Waals surface area (Å²) in [5.41, 5.74) is 1.35. The smallest absolute Gasteiger partial charge is 0.258 e. The van der Waals surface area contributed by atoms with Gasteiger partial charge in [0.25, 0.3) is 5.91 Å². The highest BCUT2D eigenvalue weighted by Crippen LogP contribution is 2.17. The fraction of sp³-hybridized carbons (Fsp3) is 0.333. The van der Waals surface area contributed by atoms with E-state index >= 15 is 0 Å². The lowest BCUT2D eigenvalue weighted by atomic mass is 10.1. The number of ether oxygens (including phenoxy) is 1. The summed E-state index contributed by atoms with van der Waals surface area (Å²) in [5, 5.41) is 2.72. The van der Waals surface area contributed by atoms with Crippen molar-refractivity contribution in [1.82, 2.24) is 9.62 Å². The summed E-state index contributed by atoms with van der Waals surface area (Å²) < 4.78 is 31.6. The van der Waals surface area contributed by atoms with Crippen molar-refractivity contribution in [2.24, 2.45) is 0 Å². The molecular formula is C21H26N2O5S. The number of benzene rings is 2. The van der Waals surface area contributed by atoms with E-state index in [1.807, 2.05) is 0 Å². The molecule has 0 saturated carbocycles. The third-order valence-electron chi connectivity index (χ3n) is 4.45. The average molecular weight is 419 g/mol. The third kappa shape index (κ3) is 6.13. The first-order valence-corrected chi connectivity index (χ1v) is 10.6. The molecule has 0 aromatic heterocycles. The van der Waals surface area contributed by atoms with Gasteiger partial charge in [-0.05, 0) is 62.7 Å². The predicted octanol–water partition coefficient (Wildman–Crippen LogP) is 2.61. The van der Waals surface area contributed by atoms with E-state index in [2.05, 4.69) is 5.32 Å². The molecule has 7 nitrogen and oxygen atoms in total. The third-order valence-corrected chi connectivity index (χ3v) is 6.50. The second-order valence-electron chi connectivity index (χ2n) is 6.90. The normalized spacial score (nSPS) is 11.5. The molecule has 0 heterocycles. The highest BCUT2D eigenvalue weighted by molar-refractivity contribution is 7.89. The molecule has 29 heavy (non-hydrogen) atoms. The minimum Gasteiger partial charge on any atom is -0.484 e. The van der Waals surface area contributed by atoms with Gasteiger partial charge in [0.1, 0.15) is 5.75 Å². The molecule has 0 atom stereocenters. The SMILES string of the molecule is CC(=O)c1ccc(OCC(=O)NCc2ccc(S(=O)(=O)N(C)C(C)C)cc2)cc1.